The molecule has 0 unspecified atom stereocenters. The molecule has 19 heavy (non-hydrogen) atoms. The van der Waals surface area contributed by atoms with E-state index in [0.29, 0.717) is 5.13 Å². The average molecular weight is 317 g/mol. The van der Waals surface area contributed by atoms with Gasteiger partial charge in [0, 0.05) is 23.4 Å². The van der Waals surface area contributed by atoms with Crippen LogP contribution in [0.25, 0.3) is 0 Å². The van der Waals surface area contributed by atoms with Crippen LogP contribution in [0.4, 0.5) is 5.13 Å². The quantitative estimate of drug-likeness (QED) is 0.943. The molecule has 0 spiro atoms. The molecule has 0 aliphatic carbocycles. The van der Waals surface area contributed by atoms with E-state index in [1.807, 2.05) is 0 Å². The van der Waals surface area contributed by atoms with Gasteiger partial charge in [-0.3, -0.25) is 10.1 Å². The second-order valence-electron chi connectivity index (χ2n) is 3.71. The van der Waals surface area contributed by atoms with Gasteiger partial charge in [0.25, 0.3) is 5.91 Å². The van der Waals surface area contributed by atoms with E-state index in [1.165, 1.54) is 29.5 Å². The van der Waals surface area contributed by atoms with Crippen LogP contribution in [0.5, 0.6) is 0 Å². The lowest BCUT2D eigenvalue weighted by Crippen LogP contribution is -2.12. The Hall–Kier alpha value is -1.44. The Kier molecular flexibility index (Phi) is 3.88. The van der Waals surface area contributed by atoms with Gasteiger partial charge in [-0.25, -0.2) is 13.4 Å². The summed E-state index contributed by atoms with van der Waals surface area (Å²) in [6.07, 6.45) is 2.60. The topological polar surface area (TPSA) is 76.1 Å². The fraction of sp³-hybridized carbons (Fsp3) is 0.0909. The van der Waals surface area contributed by atoms with Crippen molar-refractivity contribution in [3.05, 3.63) is 40.4 Å². The molecule has 0 saturated heterocycles. The molecule has 0 atom stereocenters. The van der Waals surface area contributed by atoms with Crippen LogP contribution in [0.2, 0.25) is 5.02 Å². The number of rotatable bonds is 3. The minimum absolute atomic E-state index is 0.0686. The number of amides is 1. The van der Waals surface area contributed by atoms with Crippen molar-refractivity contribution in [2.24, 2.45) is 0 Å². The lowest BCUT2D eigenvalue weighted by Gasteiger charge is -2.05. The van der Waals surface area contributed by atoms with Gasteiger partial charge >= 0.3 is 0 Å². The maximum absolute atomic E-state index is 11.9. The van der Waals surface area contributed by atoms with Crippen molar-refractivity contribution in [1.82, 2.24) is 4.98 Å². The number of anilines is 1. The van der Waals surface area contributed by atoms with Gasteiger partial charge in [-0.1, -0.05) is 11.6 Å². The van der Waals surface area contributed by atoms with E-state index in [-0.39, 0.29) is 15.5 Å². The third kappa shape index (κ3) is 3.31. The molecule has 0 radical (unpaired) electrons. The first kappa shape index (κ1) is 14.0. The van der Waals surface area contributed by atoms with Gasteiger partial charge in [-0.05, 0) is 18.2 Å². The molecule has 0 aliphatic rings. The number of benzene rings is 1. The Balaban J connectivity index is 2.33. The maximum Gasteiger partial charge on any atom is 0.257 e. The molecular formula is C11H9ClN2O3S2. The highest BCUT2D eigenvalue weighted by atomic mass is 35.5. The lowest BCUT2D eigenvalue weighted by molar-refractivity contribution is 0.102. The zero-order chi connectivity index (χ0) is 14.0. The van der Waals surface area contributed by atoms with Crippen LogP contribution in [0.3, 0.4) is 0 Å². The van der Waals surface area contributed by atoms with E-state index in [4.69, 9.17) is 11.6 Å². The predicted molar refractivity (Wildman–Crippen MR) is 74.6 cm³/mol. The molecule has 5 nitrogen and oxygen atoms in total. The number of nitrogens with zero attached hydrogens (tertiary/aromatic N) is 1. The molecule has 1 aromatic heterocycles. The van der Waals surface area contributed by atoms with E-state index < -0.39 is 15.7 Å². The highest BCUT2D eigenvalue weighted by Gasteiger charge is 2.16. The Morgan fingerprint density at radius 1 is 1.42 bits per heavy atom. The Morgan fingerprint density at radius 2 is 2.16 bits per heavy atom. The van der Waals surface area contributed by atoms with Crippen molar-refractivity contribution in [3.63, 3.8) is 0 Å². The van der Waals surface area contributed by atoms with E-state index in [1.54, 1.807) is 11.6 Å². The summed E-state index contributed by atoms with van der Waals surface area (Å²) in [5, 5.41) is 4.82. The number of halogens is 1. The Bertz CT molecular complexity index is 712. The van der Waals surface area contributed by atoms with E-state index in [0.717, 1.165) is 6.26 Å². The number of hydrogen-bond acceptors (Lipinski definition) is 5. The summed E-state index contributed by atoms with van der Waals surface area (Å²) in [4.78, 5) is 15.8. The van der Waals surface area contributed by atoms with Gasteiger partial charge < -0.3 is 0 Å². The number of carbonyl (C=O) groups excluding carboxylic acids is 1. The van der Waals surface area contributed by atoms with Crippen molar-refractivity contribution < 1.29 is 13.2 Å². The van der Waals surface area contributed by atoms with E-state index in [2.05, 4.69) is 10.3 Å². The van der Waals surface area contributed by atoms with Crippen LogP contribution in [-0.4, -0.2) is 25.6 Å². The van der Waals surface area contributed by atoms with Crippen molar-refractivity contribution in [2.75, 3.05) is 11.6 Å². The monoisotopic (exact) mass is 316 g/mol. The molecule has 2 rings (SSSR count). The number of carbonyl (C=O) groups is 1. The molecule has 0 aliphatic heterocycles. The highest BCUT2D eigenvalue weighted by Crippen LogP contribution is 2.23. The molecule has 1 heterocycles. The number of nitrogens with one attached hydrogen (secondary N) is 1. The van der Waals surface area contributed by atoms with E-state index in [9.17, 15) is 13.2 Å². The molecule has 1 amide bonds. The van der Waals surface area contributed by atoms with Crippen LogP contribution in [0.15, 0.2) is 34.7 Å². The SMILES string of the molecule is CS(=O)(=O)c1cc(C(=O)Nc2nccs2)ccc1Cl. The molecule has 0 bridgehead atoms. The smallest absolute Gasteiger partial charge is 0.257 e. The molecule has 1 aromatic carbocycles. The summed E-state index contributed by atoms with van der Waals surface area (Å²) < 4.78 is 23.0. The minimum atomic E-state index is -3.48. The van der Waals surface area contributed by atoms with Gasteiger partial charge in [0.15, 0.2) is 15.0 Å². The van der Waals surface area contributed by atoms with Crippen molar-refractivity contribution in [3.8, 4) is 0 Å². The summed E-state index contributed by atoms with van der Waals surface area (Å²) in [7, 11) is -3.48. The summed E-state index contributed by atoms with van der Waals surface area (Å²) in [6, 6.07) is 4.09. The summed E-state index contributed by atoms with van der Waals surface area (Å²) in [5.74, 6) is -0.434. The van der Waals surface area contributed by atoms with Crippen molar-refractivity contribution in [2.45, 2.75) is 4.90 Å². The molecule has 1 N–H and O–H groups in total. The number of thiazole rings is 1. The van der Waals surface area contributed by atoms with Crippen LogP contribution >= 0.6 is 22.9 Å². The zero-order valence-electron chi connectivity index (χ0n) is 9.75. The average Bonchev–Trinajstić information content (AvgIpc) is 2.80. The molecule has 2 aromatic rings. The first-order valence-electron chi connectivity index (χ1n) is 5.08. The summed E-state index contributed by atoms with van der Waals surface area (Å²) in [5.41, 5.74) is 0.208. The fourth-order valence-corrected chi connectivity index (χ4v) is 3.21. The third-order valence-electron chi connectivity index (χ3n) is 2.25. The molecule has 8 heteroatoms. The molecular weight excluding hydrogens is 308 g/mol. The van der Waals surface area contributed by atoms with Crippen molar-refractivity contribution in [1.29, 1.82) is 0 Å². The summed E-state index contributed by atoms with van der Waals surface area (Å²) in [6.45, 7) is 0. The van der Waals surface area contributed by atoms with Gasteiger partial charge in [-0.2, -0.15) is 0 Å². The van der Waals surface area contributed by atoms with Crippen LogP contribution in [0, 0.1) is 0 Å². The third-order valence-corrected chi connectivity index (χ3v) is 4.51. The number of sulfone groups is 1. The first-order valence-corrected chi connectivity index (χ1v) is 8.23. The lowest BCUT2D eigenvalue weighted by atomic mass is 10.2. The second-order valence-corrected chi connectivity index (χ2v) is 6.99. The Labute approximate surface area is 119 Å². The maximum atomic E-state index is 11.9. The van der Waals surface area contributed by atoms with Crippen LogP contribution < -0.4 is 5.32 Å². The van der Waals surface area contributed by atoms with Gasteiger partial charge in [0.2, 0.25) is 0 Å². The fourth-order valence-electron chi connectivity index (χ4n) is 1.38. The van der Waals surface area contributed by atoms with Gasteiger partial charge in [0.05, 0.1) is 9.92 Å². The molecule has 0 fully saturated rings. The summed E-state index contributed by atoms with van der Waals surface area (Å²) >= 11 is 7.08. The second kappa shape index (κ2) is 5.28. The highest BCUT2D eigenvalue weighted by molar-refractivity contribution is 7.90. The van der Waals surface area contributed by atoms with Gasteiger partial charge in [-0.15, -0.1) is 11.3 Å². The predicted octanol–water partition coefficient (Wildman–Crippen LogP) is 2.45. The van der Waals surface area contributed by atoms with E-state index >= 15 is 0 Å². The normalized spacial score (nSPS) is 11.3. The zero-order valence-corrected chi connectivity index (χ0v) is 12.1. The minimum Gasteiger partial charge on any atom is -0.298 e. The van der Waals surface area contributed by atoms with Crippen LogP contribution in [-0.2, 0) is 9.84 Å². The molecule has 100 valence electrons. The first-order chi connectivity index (χ1) is 8.88. The molecule has 0 saturated carbocycles. The Morgan fingerprint density at radius 3 is 2.74 bits per heavy atom. The largest absolute Gasteiger partial charge is 0.298 e. The number of hydrogen-bond donors (Lipinski definition) is 1. The number of aromatic nitrogens is 1. The van der Waals surface area contributed by atoms with Gasteiger partial charge in [0.1, 0.15) is 0 Å². The van der Waals surface area contributed by atoms with Crippen LogP contribution in [0.1, 0.15) is 10.4 Å². The standard InChI is InChI=1S/C11H9ClN2O3S2/c1-19(16,17)9-6-7(2-3-8(9)12)10(15)14-11-13-4-5-18-11/h2-6H,1H3,(H,13,14,15). The van der Waals surface area contributed by atoms with Crippen molar-refractivity contribution >= 4 is 43.8 Å².